The summed E-state index contributed by atoms with van der Waals surface area (Å²) in [5.74, 6) is 0.0416. The molecule has 1 aromatic rings. The molecule has 1 aliphatic heterocycles. The lowest BCUT2D eigenvalue weighted by molar-refractivity contribution is -0.221. The van der Waals surface area contributed by atoms with Crippen molar-refractivity contribution in [3.63, 3.8) is 0 Å². The van der Waals surface area contributed by atoms with Crippen molar-refractivity contribution in [1.82, 2.24) is 9.97 Å². The van der Waals surface area contributed by atoms with Gasteiger partial charge in [0, 0.05) is 6.07 Å². The Balaban J connectivity index is 2.18. The van der Waals surface area contributed by atoms with Gasteiger partial charge >= 0.3 is 0 Å². The van der Waals surface area contributed by atoms with Gasteiger partial charge in [0.15, 0.2) is 6.23 Å². The Morgan fingerprint density at radius 1 is 1.38 bits per heavy atom. The molecule has 5 atom stereocenters. The molecule has 10 heteroatoms. The van der Waals surface area contributed by atoms with Crippen molar-refractivity contribution in [3.8, 4) is 6.01 Å². The number of H-pyrrole nitrogens is 1. The lowest BCUT2D eigenvalue weighted by atomic mass is 9.98. The first-order valence-electron chi connectivity index (χ1n) is 6.18. The van der Waals surface area contributed by atoms with Gasteiger partial charge in [0.1, 0.15) is 30.2 Å². The predicted octanol–water partition coefficient (Wildman–Crippen LogP) is -3.01. The summed E-state index contributed by atoms with van der Waals surface area (Å²) in [6.45, 7) is -0.546. The van der Waals surface area contributed by atoms with Crippen LogP contribution < -0.4 is 15.6 Å². The van der Waals surface area contributed by atoms with E-state index >= 15 is 0 Å². The minimum atomic E-state index is -1.52. The van der Waals surface area contributed by atoms with Crippen LogP contribution in [0.15, 0.2) is 10.9 Å². The SMILES string of the molecule is COc1nc(N[C@H]2O[C@@H](CO)[C@@H](O)[C@@H](O)[C@H]2O)cc(=O)[nH]1. The van der Waals surface area contributed by atoms with Crippen LogP contribution in [0.4, 0.5) is 5.82 Å². The molecule has 1 aromatic heterocycles. The van der Waals surface area contributed by atoms with Gasteiger partial charge in [-0.2, -0.15) is 4.98 Å². The number of ether oxygens (including phenoxy) is 2. The number of aliphatic hydroxyl groups is 4. The fourth-order valence-corrected chi connectivity index (χ4v) is 1.97. The zero-order valence-electron chi connectivity index (χ0n) is 11.1. The molecule has 0 aromatic carbocycles. The largest absolute Gasteiger partial charge is 0.468 e. The molecule has 2 rings (SSSR count). The molecule has 10 nitrogen and oxygen atoms in total. The van der Waals surface area contributed by atoms with Gasteiger partial charge in [-0.3, -0.25) is 9.78 Å². The van der Waals surface area contributed by atoms with Crippen molar-refractivity contribution in [2.75, 3.05) is 19.0 Å². The zero-order chi connectivity index (χ0) is 15.6. The molecular formula is C11H17N3O7. The van der Waals surface area contributed by atoms with E-state index in [0.717, 1.165) is 6.07 Å². The van der Waals surface area contributed by atoms with E-state index in [1.807, 2.05) is 0 Å². The summed E-state index contributed by atoms with van der Waals surface area (Å²) in [5, 5.41) is 40.8. The summed E-state index contributed by atoms with van der Waals surface area (Å²) < 4.78 is 10.0. The van der Waals surface area contributed by atoms with E-state index in [1.54, 1.807) is 0 Å². The summed E-state index contributed by atoms with van der Waals surface area (Å²) in [7, 11) is 1.32. The molecule has 2 heterocycles. The number of aromatic nitrogens is 2. The maximum absolute atomic E-state index is 11.4. The zero-order valence-corrected chi connectivity index (χ0v) is 11.1. The molecule has 0 saturated carbocycles. The van der Waals surface area contributed by atoms with Crippen LogP contribution in [0.1, 0.15) is 0 Å². The highest BCUT2D eigenvalue weighted by Gasteiger charge is 2.43. The second-order valence-corrected chi connectivity index (χ2v) is 4.53. The van der Waals surface area contributed by atoms with Crippen molar-refractivity contribution in [1.29, 1.82) is 0 Å². The first-order chi connectivity index (χ1) is 9.96. The standard InChI is InChI=1S/C11H17N3O7/c1-20-11-13-5(2-6(16)14-11)12-10-9(19)8(18)7(17)4(3-15)21-10/h2,4,7-10,15,17-19H,3H2,1H3,(H2,12,13,14,16)/t4-,7+,8+,9+,10-/m0/s1. The molecule has 118 valence electrons. The Kier molecular flexibility index (Phi) is 4.75. The molecule has 0 aliphatic carbocycles. The highest BCUT2D eigenvalue weighted by Crippen LogP contribution is 2.22. The molecule has 1 fully saturated rings. The highest BCUT2D eigenvalue weighted by molar-refractivity contribution is 5.35. The highest BCUT2D eigenvalue weighted by atomic mass is 16.6. The smallest absolute Gasteiger partial charge is 0.298 e. The second-order valence-electron chi connectivity index (χ2n) is 4.53. The Morgan fingerprint density at radius 3 is 2.71 bits per heavy atom. The van der Waals surface area contributed by atoms with Gasteiger partial charge in [0.2, 0.25) is 0 Å². The Bertz CT molecular complexity index is 535. The lowest BCUT2D eigenvalue weighted by Gasteiger charge is -2.40. The first-order valence-corrected chi connectivity index (χ1v) is 6.18. The summed E-state index contributed by atoms with van der Waals surface area (Å²) in [4.78, 5) is 17.6. The van der Waals surface area contributed by atoms with Crippen molar-refractivity contribution in [2.45, 2.75) is 30.6 Å². The second kappa shape index (κ2) is 6.37. The van der Waals surface area contributed by atoms with Crippen molar-refractivity contribution < 1.29 is 29.9 Å². The van der Waals surface area contributed by atoms with E-state index in [1.165, 1.54) is 7.11 Å². The normalized spacial score (nSPS) is 32.7. The Hall–Kier alpha value is -1.72. The third-order valence-corrected chi connectivity index (χ3v) is 3.10. The Morgan fingerprint density at radius 2 is 2.10 bits per heavy atom. The number of methoxy groups -OCH3 is 1. The monoisotopic (exact) mass is 303 g/mol. The maximum Gasteiger partial charge on any atom is 0.298 e. The third kappa shape index (κ3) is 3.31. The van der Waals surface area contributed by atoms with Crippen LogP contribution in [0.5, 0.6) is 6.01 Å². The molecule has 6 N–H and O–H groups in total. The van der Waals surface area contributed by atoms with Crippen LogP contribution in [-0.2, 0) is 4.74 Å². The number of hydrogen-bond donors (Lipinski definition) is 6. The topological polar surface area (TPSA) is 157 Å². The number of nitrogens with one attached hydrogen (secondary N) is 2. The number of nitrogens with zero attached hydrogens (tertiary/aromatic N) is 1. The Labute approximate surface area is 119 Å². The predicted molar refractivity (Wildman–Crippen MR) is 68.8 cm³/mol. The fourth-order valence-electron chi connectivity index (χ4n) is 1.97. The van der Waals surface area contributed by atoms with Gasteiger partial charge in [0.25, 0.3) is 11.6 Å². The first kappa shape index (κ1) is 15.7. The van der Waals surface area contributed by atoms with Gasteiger partial charge < -0.3 is 35.2 Å². The molecule has 0 amide bonds. The molecule has 21 heavy (non-hydrogen) atoms. The molecule has 1 saturated heterocycles. The van der Waals surface area contributed by atoms with E-state index in [0.29, 0.717) is 0 Å². The molecule has 0 unspecified atom stereocenters. The maximum atomic E-state index is 11.4. The van der Waals surface area contributed by atoms with Crippen molar-refractivity contribution in [2.24, 2.45) is 0 Å². The average Bonchev–Trinajstić information content (AvgIpc) is 2.47. The van der Waals surface area contributed by atoms with Crippen LogP contribution in [-0.4, -0.2) is 74.8 Å². The van der Waals surface area contributed by atoms with Crippen molar-refractivity contribution in [3.05, 3.63) is 16.4 Å². The number of aromatic amines is 1. The minimum absolute atomic E-state index is 0.0416. The van der Waals surface area contributed by atoms with Crippen LogP contribution in [0.25, 0.3) is 0 Å². The molecule has 0 spiro atoms. The third-order valence-electron chi connectivity index (χ3n) is 3.10. The quantitative estimate of drug-likeness (QED) is 0.341. The molecular weight excluding hydrogens is 286 g/mol. The van der Waals surface area contributed by atoms with E-state index in [9.17, 15) is 20.1 Å². The van der Waals surface area contributed by atoms with Crippen LogP contribution in [0, 0.1) is 0 Å². The van der Waals surface area contributed by atoms with Crippen molar-refractivity contribution >= 4 is 5.82 Å². The van der Waals surface area contributed by atoms with Gasteiger partial charge in [-0.25, -0.2) is 0 Å². The van der Waals surface area contributed by atoms with E-state index in [-0.39, 0.29) is 11.8 Å². The average molecular weight is 303 g/mol. The lowest BCUT2D eigenvalue weighted by Crippen LogP contribution is -2.60. The number of anilines is 1. The van der Waals surface area contributed by atoms with E-state index in [2.05, 4.69) is 15.3 Å². The van der Waals surface area contributed by atoms with Gasteiger partial charge in [0.05, 0.1) is 13.7 Å². The molecule has 0 radical (unpaired) electrons. The summed E-state index contributed by atoms with van der Waals surface area (Å²) >= 11 is 0. The molecule has 0 bridgehead atoms. The van der Waals surface area contributed by atoms with E-state index in [4.69, 9.17) is 14.6 Å². The minimum Gasteiger partial charge on any atom is -0.468 e. The summed E-state index contributed by atoms with van der Waals surface area (Å²) in [6, 6.07) is 1.05. The number of rotatable bonds is 4. The van der Waals surface area contributed by atoms with Crippen LogP contribution in [0.3, 0.4) is 0 Å². The fraction of sp³-hybridized carbons (Fsp3) is 0.636. The van der Waals surface area contributed by atoms with Crippen LogP contribution >= 0.6 is 0 Å². The van der Waals surface area contributed by atoms with Crippen LogP contribution in [0.2, 0.25) is 0 Å². The summed E-state index contributed by atoms with van der Waals surface area (Å²) in [6.07, 6.45) is -6.67. The van der Waals surface area contributed by atoms with Gasteiger partial charge in [-0.15, -0.1) is 0 Å². The summed E-state index contributed by atoms with van der Waals surface area (Å²) in [5.41, 5.74) is -0.492. The van der Waals surface area contributed by atoms with Gasteiger partial charge in [-0.05, 0) is 0 Å². The number of aliphatic hydroxyl groups excluding tert-OH is 4. The van der Waals surface area contributed by atoms with Gasteiger partial charge in [-0.1, -0.05) is 0 Å². The molecule has 1 aliphatic rings. The number of hydrogen-bond acceptors (Lipinski definition) is 9. The van der Waals surface area contributed by atoms with E-state index < -0.39 is 42.8 Å².